The molecule has 228 valence electrons. The molecule has 1 spiro atoms. The van der Waals surface area contributed by atoms with Gasteiger partial charge in [-0.15, -0.1) is 0 Å². The highest BCUT2D eigenvalue weighted by atomic mass is 16.2. The molecule has 9 nitrogen and oxygen atoms in total. The molecule has 1 saturated heterocycles. The zero-order valence-corrected chi connectivity index (χ0v) is 25.5. The number of nitrogens with one attached hydrogen (secondary N) is 3. The van der Waals surface area contributed by atoms with Crippen molar-refractivity contribution < 1.29 is 24.0 Å². The number of nitrogens with zero attached hydrogens (tertiary/aromatic N) is 1. The second-order valence-electron chi connectivity index (χ2n) is 14.1. The van der Waals surface area contributed by atoms with Crippen LogP contribution in [0.25, 0.3) is 0 Å². The van der Waals surface area contributed by atoms with Crippen molar-refractivity contribution in [1.29, 1.82) is 0 Å². The van der Waals surface area contributed by atoms with Crippen molar-refractivity contribution in [1.82, 2.24) is 20.9 Å². The lowest BCUT2D eigenvalue weighted by atomic mass is 9.67. The quantitative estimate of drug-likeness (QED) is 0.389. The van der Waals surface area contributed by atoms with Gasteiger partial charge in [0.05, 0.1) is 6.04 Å². The lowest BCUT2D eigenvalue weighted by molar-refractivity contribution is -0.169. The summed E-state index contributed by atoms with van der Waals surface area (Å²) in [5, 5.41) is 8.64. The van der Waals surface area contributed by atoms with Crippen LogP contribution in [-0.2, 0) is 36.8 Å². The number of benzene rings is 1. The Labute approximate surface area is 248 Å². The molecule has 4 aliphatic rings. The number of hydrogen-bond acceptors (Lipinski definition) is 5. The number of rotatable bonds is 9. The minimum Gasteiger partial charge on any atom is -0.347 e. The van der Waals surface area contributed by atoms with Crippen molar-refractivity contribution >= 4 is 29.4 Å². The lowest BCUT2D eigenvalue weighted by Crippen LogP contribution is -2.75. The fourth-order valence-corrected chi connectivity index (χ4v) is 7.07. The standard InChI is InChI=1S/C33H46N4O5/c1-5-24(25(38)29(40)34-23-15-16-23)35-30(41)27-33(17-21-13-9-10-14-22(21)18-33)19-37(27)31(42)26(32(2,3)4)36-28(39)20-11-7-6-8-12-20/h9-10,13-14,20,23-24,26-27H,5-8,11-12,15-19H2,1-4H3,(H,34,40)(H,35,41)(H,36,39)/t24?,26-,27?/m1/s1. The highest BCUT2D eigenvalue weighted by molar-refractivity contribution is 6.38. The van der Waals surface area contributed by atoms with E-state index in [0.717, 1.165) is 56.1 Å². The molecule has 42 heavy (non-hydrogen) atoms. The average molecular weight is 579 g/mol. The summed E-state index contributed by atoms with van der Waals surface area (Å²) in [4.78, 5) is 68.6. The number of likely N-dealkylation sites (tertiary alicyclic amines) is 1. The number of amides is 4. The van der Waals surface area contributed by atoms with Gasteiger partial charge in [-0.3, -0.25) is 24.0 Å². The van der Waals surface area contributed by atoms with E-state index in [1.54, 1.807) is 11.8 Å². The van der Waals surface area contributed by atoms with Crippen LogP contribution in [0, 0.1) is 16.7 Å². The molecule has 0 aromatic heterocycles. The third-order valence-corrected chi connectivity index (χ3v) is 9.66. The molecule has 2 saturated carbocycles. The molecule has 1 aliphatic heterocycles. The van der Waals surface area contributed by atoms with E-state index in [2.05, 4.69) is 28.1 Å². The molecule has 0 bridgehead atoms. The van der Waals surface area contributed by atoms with Crippen LogP contribution in [0.15, 0.2) is 24.3 Å². The number of carbonyl (C=O) groups excluding carboxylic acids is 5. The molecule has 9 heteroatoms. The van der Waals surface area contributed by atoms with E-state index in [9.17, 15) is 24.0 Å². The monoisotopic (exact) mass is 578 g/mol. The lowest BCUT2D eigenvalue weighted by Gasteiger charge is -2.56. The van der Waals surface area contributed by atoms with Crippen LogP contribution in [0.5, 0.6) is 0 Å². The number of carbonyl (C=O) groups is 5. The van der Waals surface area contributed by atoms with Gasteiger partial charge in [0.25, 0.3) is 5.91 Å². The first-order chi connectivity index (χ1) is 19.9. The van der Waals surface area contributed by atoms with Gasteiger partial charge >= 0.3 is 0 Å². The SMILES string of the molecule is CCC(NC(=O)C1N(C(=O)[C@@H](NC(=O)C2CCCCC2)C(C)(C)C)CC12Cc1ccccc1C2)C(=O)C(=O)NC1CC1. The highest BCUT2D eigenvalue weighted by Gasteiger charge is 2.61. The third-order valence-electron chi connectivity index (χ3n) is 9.66. The van der Waals surface area contributed by atoms with Gasteiger partial charge in [0, 0.05) is 23.9 Å². The van der Waals surface area contributed by atoms with Gasteiger partial charge in [0.2, 0.25) is 23.5 Å². The molecule has 2 unspecified atom stereocenters. The molecule has 4 amide bonds. The van der Waals surface area contributed by atoms with Crippen LogP contribution in [0.4, 0.5) is 0 Å². The van der Waals surface area contributed by atoms with Gasteiger partial charge < -0.3 is 20.9 Å². The topological polar surface area (TPSA) is 125 Å². The molecule has 5 rings (SSSR count). The maximum Gasteiger partial charge on any atom is 0.289 e. The van der Waals surface area contributed by atoms with Gasteiger partial charge in [0.1, 0.15) is 12.1 Å². The second-order valence-corrected chi connectivity index (χ2v) is 14.1. The third kappa shape index (κ3) is 6.11. The molecule has 3 N–H and O–H groups in total. The van der Waals surface area contributed by atoms with Crippen molar-refractivity contribution in [2.75, 3.05) is 6.54 Å². The van der Waals surface area contributed by atoms with Crippen LogP contribution in [0.3, 0.4) is 0 Å². The summed E-state index contributed by atoms with van der Waals surface area (Å²) in [6.45, 7) is 7.93. The van der Waals surface area contributed by atoms with Crippen molar-refractivity contribution in [3.8, 4) is 0 Å². The smallest absolute Gasteiger partial charge is 0.289 e. The van der Waals surface area contributed by atoms with E-state index >= 15 is 0 Å². The Morgan fingerprint density at radius 2 is 1.52 bits per heavy atom. The Bertz CT molecular complexity index is 1220. The van der Waals surface area contributed by atoms with Crippen LogP contribution in [0.2, 0.25) is 0 Å². The van der Waals surface area contributed by atoms with Gasteiger partial charge in [-0.25, -0.2) is 0 Å². The number of ketones is 1. The maximum atomic E-state index is 14.2. The molecule has 3 aliphatic carbocycles. The summed E-state index contributed by atoms with van der Waals surface area (Å²) in [6.07, 6.45) is 8.08. The molecule has 3 fully saturated rings. The molecule has 1 aromatic rings. The summed E-state index contributed by atoms with van der Waals surface area (Å²) in [5.74, 6) is -2.22. The molecular formula is C33H46N4O5. The Morgan fingerprint density at radius 1 is 0.905 bits per heavy atom. The largest absolute Gasteiger partial charge is 0.347 e. The van der Waals surface area contributed by atoms with Gasteiger partial charge in [-0.2, -0.15) is 0 Å². The average Bonchev–Trinajstić information content (AvgIpc) is 3.67. The summed E-state index contributed by atoms with van der Waals surface area (Å²) in [6, 6.07) is 5.54. The normalized spacial score (nSPS) is 22.9. The van der Waals surface area contributed by atoms with E-state index in [1.165, 1.54) is 0 Å². The van der Waals surface area contributed by atoms with E-state index in [-0.39, 0.29) is 30.2 Å². The zero-order chi connectivity index (χ0) is 30.2. The Balaban J connectivity index is 1.37. The fourth-order valence-electron chi connectivity index (χ4n) is 7.07. The number of Topliss-reactive ketones (excluding diaryl/α,β-unsaturated/α-hetero) is 1. The summed E-state index contributed by atoms with van der Waals surface area (Å²) in [7, 11) is 0. The number of hydrogen-bond donors (Lipinski definition) is 3. The van der Waals surface area contributed by atoms with E-state index in [0.29, 0.717) is 19.4 Å². The number of fused-ring (bicyclic) bond motifs is 1. The Morgan fingerprint density at radius 3 is 2.07 bits per heavy atom. The summed E-state index contributed by atoms with van der Waals surface area (Å²) >= 11 is 0. The first-order valence-electron chi connectivity index (χ1n) is 15.8. The van der Waals surface area contributed by atoms with E-state index < -0.39 is 46.6 Å². The van der Waals surface area contributed by atoms with Crippen LogP contribution < -0.4 is 16.0 Å². The van der Waals surface area contributed by atoms with Gasteiger partial charge in [-0.05, 0) is 61.5 Å². The Kier molecular flexibility index (Phi) is 8.50. The predicted octanol–water partition coefficient (Wildman–Crippen LogP) is 2.84. The zero-order valence-electron chi connectivity index (χ0n) is 25.5. The van der Waals surface area contributed by atoms with E-state index in [4.69, 9.17) is 0 Å². The van der Waals surface area contributed by atoms with Crippen LogP contribution in [-0.4, -0.2) is 65.0 Å². The first kappa shape index (κ1) is 30.2. The van der Waals surface area contributed by atoms with Crippen molar-refractivity contribution in [3.63, 3.8) is 0 Å². The Hall–Kier alpha value is -3.23. The van der Waals surface area contributed by atoms with E-state index in [1.807, 2.05) is 32.9 Å². The molecule has 3 atom stereocenters. The highest BCUT2D eigenvalue weighted by Crippen LogP contribution is 2.49. The predicted molar refractivity (Wildman–Crippen MR) is 158 cm³/mol. The van der Waals surface area contributed by atoms with Crippen molar-refractivity contribution in [3.05, 3.63) is 35.4 Å². The second kappa shape index (κ2) is 11.8. The molecular weight excluding hydrogens is 532 g/mol. The molecule has 0 radical (unpaired) electrons. The summed E-state index contributed by atoms with van der Waals surface area (Å²) in [5.41, 5.74) is 1.24. The minimum atomic E-state index is -0.973. The first-order valence-corrected chi connectivity index (χ1v) is 15.8. The van der Waals surface area contributed by atoms with Crippen molar-refractivity contribution in [2.45, 2.75) is 116 Å². The van der Waals surface area contributed by atoms with Crippen LogP contribution >= 0.6 is 0 Å². The van der Waals surface area contributed by atoms with Crippen molar-refractivity contribution in [2.24, 2.45) is 16.7 Å². The maximum absolute atomic E-state index is 14.2. The fraction of sp³-hybridized carbons (Fsp3) is 0.667. The van der Waals surface area contributed by atoms with Gasteiger partial charge in [-0.1, -0.05) is 71.2 Å². The summed E-state index contributed by atoms with van der Waals surface area (Å²) < 4.78 is 0. The minimum absolute atomic E-state index is 0.0350. The molecule has 1 heterocycles. The van der Waals surface area contributed by atoms with Crippen LogP contribution in [0.1, 0.15) is 90.2 Å². The van der Waals surface area contributed by atoms with Gasteiger partial charge in [0.15, 0.2) is 0 Å². The molecule has 1 aromatic carbocycles.